The van der Waals surface area contributed by atoms with Crippen LogP contribution in [0.25, 0.3) is 0 Å². The van der Waals surface area contributed by atoms with Crippen molar-refractivity contribution < 1.29 is 8.42 Å². The zero-order chi connectivity index (χ0) is 15.0. The van der Waals surface area contributed by atoms with E-state index in [4.69, 9.17) is 5.26 Å². The minimum Gasteiger partial charge on any atom is -0.299 e. The van der Waals surface area contributed by atoms with Crippen LogP contribution in [0.1, 0.15) is 19.5 Å². The molecule has 0 spiro atoms. The molecule has 2 rings (SSSR count). The second-order valence-electron chi connectivity index (χ2n) is 5.53. The Morgan fingerprint density at radius 2 is 2.10 bits per heavy atom. The van der Waals surface area contributed by atoms with Crippen molar-refractivity contribution in [2.45, 2.75) is 24.3 Å². The van der Waals surface area contributed by atoms with Crippen LogP contribution >= 0.6 is 0 Å². The van der Waals surface area contributed by atoms with Gasteiger partial charge in [-0.1, -0.05) is 0 Å². The highest BCUT2D eigenvalue weighted by molar-refractivity contribution is 7.89. The topological polar surface area (TPSA) is 77.3 Å². The molecule has 7 heteroatoms. The van der Waals surface area contributed by atoms with Crippen LogP contribution in [-0.4, -0.2) is 54.8 Å². The largest absolute Gasteiger partial charge is 0.299 e. The van der Waals surface area contributed by atoms with Crippen molar-refractivity contribution in [3.63, 3.8) is 0 Å². The van der Waals surface area contributed by atoms with Crippen LogP contribution in [0, 0.1) is 11.3 Å². The van der Waals surface area contributed by atoms with E-state index in [0.29, 0.717) is 19.6 Å². The maximum Gasteiger partial charge on any atom is 0.246 e. The Morgan fingerprint density at radius 3 is 2.70 bits per heavy atom. The summed E-state index contributed by atoms with van der Waals surface area (Å²) < 4.78 is 26.8. The number of likely N-dealkylation sites (N-methyl/N-ethyl adjacent to an activating group) is 1. The van der Waals surface area contributed by atoms with E-state index >= 15 is 0 Å². The Kier molecular flexibility index (Phi) is 3.82. The molecular formula is C13H18N4O2S. The average molecular weight is 294 g/mol. The van der Waals surface area contributed by atoms with Gasteiger partial charge in [-0.2, -0.15) is 9.57 Å². The zero-order valence-electron chi connectivity index (χ0n) is 11.9. The maximum atomic E-state index is 12.7. The lowest BCUT2D eigenvalue weighted by molar-refractivity contribution is 0.0801. The molecule has 6 nitrogen and oxygen atoms in total. The molecule has 2 heterocycles. The summed E-state index contributed by atoms with van der Waals surface area (Å²) in [6.07, 6.45) is 1.42. The van der Waals surface area contributed by atoms with Gasteiger partial charge in [0, 0.05) is 31.4 Å². The van der Waals surface area contributed by atoms with Gasteiger partial charge < -0.3 is 0 Å². The summed E-state index contributed by atoms with van der Waals surface area (Å²) in [5.41, 5.74) is -0.287. The van der Waals surface area contributed by atoms with E-state index < -0.39 is 10.0 Å². The molecule has 1 aliphatic rings. The number of aromatic nitrogens is 1. The fraction of sp³-hybridized carbons (Fsp3) is 0.538. The van der Waals surface area contributed by atoms with Gasteiger partial charge in [0.2, 0.25) is 10.0 Å². The first-order valence-electron chi connectivity index (χ1n) is 6.35. The summed E-state index contributed by atoms with van der Waals surface area (Å²) in [6, 6.07) is 4.82. The summed E-state index contributed by atoms with van der Waals surface area (Å²) in [5.74, 6) is 0. The molecule has 1 saturated heterocycles. The van der Waals surface area contributed by atoms with Crippen molar-refractivity contribution >= 4 is 10.0 Å². The van der Waals surface area contributed by atoms with Gasteiger partial charge in [0.15, 0.2) is 5.69 Å². The Morgan fingerprint density at radius 1 is 1.40 bits per heavy atom. The molecule has 1 aromatic rings. The normalized spacial score (nSPS) is 20.5. The Hall–Kier alpha value is -1.49. The van der Waals surface area contributed by atoms with Crippen LogP contribution in [0.2, 0.25) is 0 Å². The summed E-state index contributed by atoms with van der Waals surface area (Å²) in [6.45, 7) is 5.48. The summed E-state index contributed by atoms with van der Waals surface area (Å²) in [4.78, 5) is 5.95. The van der Waals surface area contributed by atoms with Crippen LogP contribution in [0.5, 0.6) is 0 Å². The Bertz CT molecular complexity index is 649. The molecule has 0 N–H and O–H groups in total. The smallest absolute Gasteiger partial charge is 0.246 e. The van der Waals surface area contributed by atoms with Gasteiger partial charge in [-0.3, -0.25) is 4.90 Å². The van der Waals surface area contributed by atoms with Gasteiger partial charge in [0.05, 0.1) is 0 Å². The summed E-state index contributed by atoms with van der Waals surface area (Å²) in [7, 11) is -1.70. The van der Waals surface area contributed by atoms with Crippen molar-refractivity contribution in [1.82, 2.24) is 14.2 Å². The molecule has 0 aliphatic carbocycles. The van der Waals surface area contributed by atoms with E-state index in [1.165, 1.54) is 22.6 Å². The monoisotopic (exact) mass is 294 g/mol. The SMILES string of the molecule is CN1CCN(S(=O)(=O)c2cccnc2C#N)CC1(C)C. The average Bonchev–Trinajstić information content (AvgIpc) is 2.41. The highest BCUT2D eigenvalue weighted by Crippen LogP contribution is 2.25. The lowest BCUT2D eigenvalue weighted by atomic mass is 10.0. The lowest BCUT2D eigenvalue weighted by Crippen LogP contribution is -2.58. The number of nitriles is 1. The highest BCUT2D eigenvalue weighted by atomic mass is 32.2. The van der Waals surface area contributed by atoms with Gasteiger partial charge >= 0.3 is 0 Å². The minimum atomic E-state index is -3.68. The summed E-state index contributed by atoms with van der Waals surface area (Å²) in [5, 5.41) is 9.02. The third-order valence-electron chi connectivity index (χ3n) is 3.78. The molecule has 1 fully saturated rings. The number of nitrogens with zero attached hydrogens (tertiary/aromatic N) is 4. The Balaban J connectivity index is 2.39. The van der Waals surface area contributed by atoms with Gasteiger partial charge in [-0.15, -0.1) is 0 Å². The maximum absolute atomic E-state index is 12.7. The summed E-state index contributed by atoms with van der Waals surface area (Å²) >= 11 is 0. The third-order valence-corrected chi connectivity index (χ3v) is 5.65. The number of piperazine rings is 1. The molecule has 108 valence electrons. The van der Waals surface area contributed by atoms with Crippen molar-refractivity contribution in [1.29, 1.82) is 5.26 Å². The molecule has 0 saturated carbocycles. The molecule has 1 aromatic heterocycles. The van der Waals surface area contributed by atoms with Gasteiger partial charge in [-0.05, 0) is 33.0 Å². The van der Waals surface area contributed by atoms with Crippen molar-refractivity contribution in [2.24, 2.45) is 0 Å². The molecule has 0 aromatic carbocycles. The van der Waals surface area contributed by atoms with Crippen molar-refractivity contribution in [3.05, 3.63) is 24.0 Å². The van der Waals surface area contributed by atoms with E-state index in [-0.39, 0.29) is 16.1 Å². The van der Waals surface area contributed by atoms with Crippen LogP contribution < -0.4 is 0 Å². The molecule has 0 radical (unpaired) electrons. The number of hydrogen-bond donors (Lipinski definition) is 0. The van der Waals surface area contributed by atoms with Crippen LogP contribution in [0.3, 0.4) is 0 Å². The van der Waals surface area contributed by atoms with E-state index in [2.05, 4.69) is 9.88 Å². The number of sulfonamides is 1. The first-order valence-corrected chi connectivity index (χ1v) is 7.79. The molecule has 1 aliphatic heterocycles. The van der Waals surface area contributed by atoms with Crippen molar-refractivity contribution in [2.75, 3.05) is 26.7 Å². The van der Waals surface area contributed by atoms with Crippen LogP contribution in [-0.2, 0) is 10.0 Å². The van der Waals surface area contributed by atoms with E-state index in [0.717, 1.165) is 0 Å². The Labute approximate surface area is 119 Å². The van der Waals surface area contributed by atoms with Crippen molar-refractivity contribution in [3.8, 4) is 6.07 Å². The van der Waals surface area contributed by atoms with Crippen LogP contribution in [0.4, 0.5) is 0 Å². The van der Waals surface area contributed by atoms with Gasteiger partial charge in [0.25, 0.3) is 0 Å². The first kappa shape index (κ1) is 14.9. The predicted octanol–water partition coefficient (Wildman–Crippen LogP) is 0.668. The first-order chi connectivity index (χ1) is 9.29. The second-order valence-corrected chi connectivity index (χ2v) is 7.44. The molecular weight excluding hydrogens is 276 g/mol. The number of hydrogen-bond acceptors (Lipinski definition) is 5. The predicted molar refractivity (Wildman–Crippen MR) is 74.4 cm³/mol. The lowest BCUT2D eigenvalue weighted by Gasteiger charge is -2.44. The second kappa shape index (κ2) is 5.13. The molecule has 0 bridgehead atoms. The third kappa shape index (κ3) is 2.54. The fourth-order valence-electron chi connectivity index (χ4n) is 2.22. The number of rotatable bonds is 2. The standard InChI is InChI=1S/C13H18N4O2S/c1-13(2)10-17(8-7-16(13)3)20(18,19)12-5-4-6-15-11(12)9-14/h4-6H,7-8,10H2,1-3H3. The van der Waals surface area contributed by atoms with E-state index in [1.807, 2.05) is 27.0 Å². The minimum absolute atomic E-state index is 0.0112. The molecule has 0 unspecified atom stereocenters. The molecule has 0 atom stereocenters. The highest BCUT2D eigenvalue weighted by Gasteiger charge is 2.38. The number of pyridine rings is 1. The zero-order valence-corrected chi connectivity index (χ0v) is 12.7. The van der Waals surface area contributed by atoms with Crippen LogP contribution in [0.15, 0.2) is 23.2 Å². The molecule has 0 amide bonds. The molecule has 20 heavy (non-hydrogen) atoms. The van der Waals surface area contributed by atoms with E-state index in [1.54, 1.807) is 0 Å². The fourth-order valence-corrected chi connectivity index (χ4v) is 3.90. The van der Waals surface area contributed by atoms with E-state index in [9.17, 15) is 8.42 Å². The van der Waals surface area contributed by atoms with Gasteiger partial charge in [0.1, 0.15) is 11.0 Å². The quantitative estimate of drug-likeness (QED) is 0.801. The van der Waals surface area contributed by atoms with Gasteiger partial charge in [-0.25, -0.2) is 13.4 Å².